The van der Waals surface area contributed by atoms with E-state index in [1.807, 2.05) is 6.92 Å². The SMILES string of the molecule is CC/C(=C\N=C(C)OCCC(C)(F)F)C1=NN(Cc2cncc(F)c2)C(=O)CC1. The van der Waals surface area contributed by atoms with Crippen LogP contribution >= 0.6 is 0 Å². The Labute approximate surface area is 168 Å². The highest BCUT2D eigenvalue weighted by Gasteiger charge is 2.23. The number of nitrogens with zero attached hydrogens (tertiary/aromatic N) is 4. The van der Waals surface area contributed by atoms with Gasteiger partial charge in [0.05, 0.1) is 25.1 Å². The lowest BCUT2D eigenvalue weighted by Gasteiger charge is -2.24. The van der Waals surface area contributed by atoms with Gasteiger partial charge in [-0.15, -0.1) is 0 Å². The molecule has 0 spiro atoms. The minimum Gasteiger partial charge on any atom is -0.481 e. The Balaban J connectivity index is 2.09. The number of amides is 1. The predicted octanol–water partition coefficient (Wildman–Crippen LogP) is 4.47. The molecule has 0 N–H and O–H groups in total. The van der Waals surface area contributed by atoms with Crippen LogP contribution in [0.2, 0.25) is 0 Å². The quantitative estimate of drug-likeness (QED) is 0.469. The van der Waals surface area contributed by atoms with E-state index in [4.69, 9.17) is 4.74 Å². The van der Waals surface area contributed by atoms with Gasteiger partial charge in [0.25, 0.3) is 0 Å². The molecule has 0 fully saturated rings. The standard InChI is InChI=1S/C20H25F3N4O2/c1-4-16(11-25-14(2)29-8-7-20(3,22)23)18-5-6-19(28)27(26-18)13-15-9-17(21)12-24-10-15/h9-12H,4-8,13H2,1-3H3/b16-11+,25-14?. The van der Waals surface area contributed by atoms with Gasteiger partial charge < -0.3 is 4.74 Å². The molecule has 9 heteroatoms. The molecule has 158 valence electrons. The van der Waals surface area contributed by atoms with E-state index in [0.29, 0.717) is 24.1 Å². The van der Waals surface area contributed by atoms with Gasteiger partial charge in [0.2, 0.25) is 11.8 Å². The maximum Gasteiger partial charge on any atom is 0.248 e. The maximum atomic E-state index is 13.3. The highest BCUT2D eigenvalue weighted by atomic mass is 19.3. The van der Waals surface area contributed by atoms with Crippen molar-refractivity contribution < 1.29 is 22.7 Å². The van der Waals surface area contributed by atoms with Gasteiger partial charge >= 0.3 is 0 Å². The van der Waals surface area contributed by atoms with Gasteiger partial charge in [-0.2, -0.15) is 5.10 Å². The van der Waals surface area contributed by atoms with Crippen molar-refractivity contribution >= 4 is 17.5 Å². The van der Waals surface area contributed by atoms with Crippen molar-refractivity contribution in [3.05, 3.63) is 41.6 Å². The van der Waals surface area contributed by atoms with Gasteiger partial charge in [-0.1, -0.05) is 6.92 Å². The summed E-state index contributed by atoms with van der Waals surface area (Å²) in [6.45, 7) is 4.35. The fraction of sp³-hybridized carbons (Fsp3) is 0.500. The summed E-state index contributed by atoms with van der Waals surface area (Å²) in [6, 6.07) is 1.31. The normalized spacial score (nSPS) is 16.1. The minimum absolute atomic E-state index is 0.126. The third-order valence-electron chi connectivity index (χ3n) is 4.20. The largest absolute Gasteiger partial charge is 0.481 e. The Kier molecular flexibility index (Phi) is 7.92. The molecule has 0 saturated heterocycles. The number of pyridine rings is 1. The molecule has 0 saturated carbocycles. The van der Waals surface area contributed by atoms with E-state index >= 15 is 0 Å². The summed E-state index contributed by atoms with van der Waals surface area (Å²) in [5, 5.41) is 5.70. The number of alkyl halides is 2. The number of hydrazone groups is 1. The molecule has 29 heavy (non-hydrogen) atoms. The second kappa shape index (κ2) is 10.2. The molecule has 0 bridgehead atoms. The number of hydrogen-bond acceptors (Lipinski definition) is 5. The molecule has 0 unspecified atom stereocenters. The molecule has 1 aliphatic rings. The molecule has 1 aliphatic heterocycles. The first kappa shape index (κ1) is 22.6. The van der Waals surface area contributed by atoms with Crippen molar-refractivity contribution in [2.24, 2.45) is 10.1 Å². The van der Waals surface area contributed by atoms with E-state index in [0.717, 1.165) is 18.7 Å². The van der Waals surface area contributed by atoms with Crippen molar-refractivity contribution in [3.63, 3.8) is 0 Å². The monoisotopic (exact) mass is 410 g/mol. The van der Waals surface area contributed by atoms with Crippen LogP contribution < -0.4 is 0 Å². The molecule has 0 aliphatic carbocycles. The Morgan fingerprint density at radius 2 is 2.14 bits per heavy atom. The molecule has 1 aromatic rings. The fourth-order valence-corrected chi connectivity index (χ4v) is 2.62. The van der Waals surface area contributed by atoms with E-state index in [1.165, 1.54) is 17.3 Å². The smallest absolute Gasteiger partial charge is 0.248 e. The Morgan fingerprint density at radius 1 is 1.38 bits per heavy atom. The number of rotatable bonds is 8. The third-order valence-corrected chi connectivity index (χ3v) is 4.20. The van der Waals surface area contributed by atoms with Gasteiger partial charge in [-0.3, -0.25) is 9.78 Å². The lowest BCUT2D eigenvalue weighted by molar-refractivity contribution is -0.132. The van der Waals surface area contributed by atoms with Gasteiger partial charge in [0.1, 0.15) is 5.82 Å². The van der Waals surface area contributed by atoms with Gasteiger partial charge in [-0.05, 0) is 30.5 Å². The predicted molar refractivity (Wildman–Crippen MR) is 104 cm³/mol. The number of aliphatic imine (C=N–C) groups is 1. The van der Waals surface area contributed by atoms with E-state index in [1.54, 1.807) is 13.1 Å². The molecule has 2 heterocycles. The van der Waals surface area contributed by atoms with E-state index < -0.39 is 11.7 Å². The van der Waals surface area contributed by atoms with Crippen molar-refractivity contribution in [1.82, 2.24) is 9.99 Å². The first-order chi connectivity index (χ1) is 13.7. The molecular formula is C20H25F3N4O2. The fourth-order valence-electron chi connectivity index (χ4n) is 2.62. The number of carbonyl (C=O) groups is 1. The molecule has 1 aromatic heterocycles. The Morgan fingerprint density at radius 3 is 2.79 bits per heavy atom. The highest BCUT2D eigenvalue weighted by molar-refractivity contribution is 6.03. The second-order valence-corrected chi connectivity index (χ2v) is 6.83. The summed E-state index contributed by atoms with van der Waals surface area (Å²) in [7, 11) is 0. The van der Waals surface area contributed by atoms with Crippen LogP contribution in [0.5, 0.6) is 0 Å². The van der Waals surface area contributed by atoms with Crippen LogP contribution in [0.25, 0.3) is 0 Å². The second-order valence-electron chi connectivity index (χ2n) is 6.83. The average Bonchev–Trinajstić information content (AvgIpc) is 2.63. The lowest BCUT2D eigenvalue weighted by Crippen LogP contribution is -2.31. The first-order valence-electron chi connectivity index (χ1n) is 9.39. The summed E-state index contributed by atoms with van der Waals surface area (Å²) in [6.07, 6.45) is 5.14. The number of carbonyl (C=O) groups excluding carboxylic acids is 1. The molecule has 6 nitrogen and oxygen atoms in total. The zero-order valence-corrected chi connectivity index (χ0v) is 16.8. The first-order valence-corrected chi connectivity index (χ1v) is 9.39. The Hall–Kier alpha value is -2.71. The number of allylic oxidation sites excluding steroid dienone is 1. The third kappa shape index (κ3) is 7.67. The van der Waals surface area contributed by atoms with E-state index in [2.05, 4.69) is 15.1 Å². The summed E-state index contributed by atoms with van der Waals surface area (Å²) >= 11 is 0. The van der Waals surface area contributed by atoms with Gasteiger partial charge in [-0.25, -0.2) is 23.2 Å². The summed E-state index contributed by atoms with van der Waals surface area (Å²) < 4.78 is 44.2. The van der Waals surface area contributed by atoms with Crippen molar-refractivity contribution in [2.45, 2.75) is 58.9 Å². The zero-order chi connectivity index (χ0) is 21.4. The molecular weight excluding hydrogens is 385 g/mol. The van der Waals surface area contributed by atoms with Crippen molar-refractivity contribution in [3.8, 4) is 0 Å². The maximum absolute atomic E-state index is 13.3. The van der Waals surface area contributed by atoms with Gasteiger partial charge in [0, 0.05) is 38.6 Å². The number of halogens is 3. The van der Waals surface area contributed by atoms with Crippen LogP contribution in [-0.4, -0.2) is 40.0 Å². The van der Waals surface area contributed by atoms with Crippen LogP contribution in [0.4, 0.5) is 13.2 Å². The lowest BCUT2D eigenvalue weighted by atomic mass is 10.0. The van der Waals surface area contributed by atoms with Crippen LogP contribution in [0.15, 0.2) is 40.3 Å². The number of aromatic nitrogens is 1. The average molecular weight is 410 g/mol. The molecule has 2 rings (SSSR count). The van der Waals surface area contributed by atoms with Crippen LogP contribution in [0, 0.1) is 5.82 Å². The molecule has 0 aromatic carbocycles. The van der Waals surface area contributed by atoms with Gasteiger partial charge in [0.15, 0.2) is 5.90 Å². The summed E-state index contributed by atoms with van der Waals surface area (Å²) in [5.74, 6) is -3.14. The van der Waals surface area contributed by atoms with Crippen LogP contribution in [-0.2, 0) is 16.1 Å². The van der Waals surface area contributed by atoms with Crippen molar-refractivity contribution in [2.75, 3.05) is 6.61 Å². The van der Waals surface area contributed by atoms with E-state index in [-0.39, 0.29) is 37.8 Å². The summed E-state index contributed by atoms with van der Waals surface area (Å²) in [4.78, 5) is 20.1. The molecule has 1 amide bonds. The number of ether oxygens (including phenoxy) is 1. The molecule has 0 radical (unpaired) electrons. The van der Waals surface area contributed by atoms with Crippen LogP contribution in [0.3, 0.4) is 0 Å². The number of hydrogen-bond donors (Lipinski definition) is 0. The van der Waals surface area contributed by atoms with Crippen LogP contribution in [0.1, 0.15) is 52.0 Å². The van der Waals surface area contributed by atoms with Crippen molar-refractivity contribution in [1.29, 1.82) is 0 Å². The topological polar surface area (TPSA) is 67.2 Å². The Bertz CT molecular complexity index is 816. The van der Waals surface area contributed by atoms with E-state index in [9.17, 15) is 18.0 Å². The zero-order valence-electron chi connectivity index (χ0n) is 16.8. The summed E-state index contributed by atoms with van der Waals surface area (Å²) in [5.41, 5.74) is 2.05. The molecule has 0 atom stereocenters. The minimum atomic E-state index is -2.78. The highest BCUT2D eigenvalue weighted by Crippen LogP contribution is 2.19.